The molecule has 1 fully saturated rings. The van der Waals surface area contributed by atoms with Gasteiger partial charge >= 0.3 is 5.97 Å². The first-order chi connectivity index (χ1) is 5.25. The summed E-state index contributed by atoms with van der Waals surface area (Å²) in [5, 5.41) is 9.66. The van der Waals surface area contributed by atoms with E-state index in [2.05, 4.69) is 15.9 Å². The molecule has 64 valence electrons. The van der Waals surface area contributed by atoms with Crippen LogP contribution in [0.15, 0.2) is 0 Å². The van der Waals surface area contributed by atoms with Crippen LogP contribution >= 0.6 is 15.9 Å². The van der Waals surface area contributed by atoms with Crippen LogP contribution in [0.1, 0.15) is 25.7 Å². The zero-order valence-electron chi connectivity index (χ0n) is 6.42. The van der Waals surface area contributed by atoms with Gasteiger partial charge in [-0.1, -0.05) is 28.8 Å². The maximum absolute atomic E-state index is 10.7. The van der Waals surface area contributed by atoms with Gasteiger partial charge < -0.3 is 5.11 Å². The number of hydrogen-bond acceptors (Lipinski definition) is 1. The highest BCUT2D eigenvalue weighted by atomic mass is 79.9. The number of halogens is 1. The van der Waals surface area contributed by atoms with Crippen LogP contribution in [0.5, 0.6) is 0 Å². The molecule has 0 amide bonds. The first-order valence-electron chi connectivity index (χ1n) is 4.04. The molecule has 0 saturated heterocycles. The number of carboxylic acids is 1. The van der Waals surface area contributed by atoms with Crippen molar-refractivity contribution in [3.05, 3.63) is 0 Å². The fraction of sp³-hybridized carbons (Fsp3) is 0.875. The Morgan fingerprint density at radius 3 is 2.55 bits per heavy atom. The van der Waals surface area contributed by atoms with Crippen molar-refractivity contribution in [1.82, 2.24) is 0 Å². The van der Waals surface area contributed by atoms with Crippen LogP contribution in [0.2, 0.25) is 0 Å². The van der Waals surface area contributed by atoms with Crippen LogP contribution in [0, 0.1) is 11.8 Å². The Labute approximate surface area is 75.1 Å². The summed E-state index contributed by atoms with van der Waals surface area (Å²) >= 11 is 3.36. The largest absolute Gasteiger partial charge is 0.481 e. The van der Waals surface area contributed by atoms with E-state index >= 15 is 0 Å². The third kappa shape index (κ3) is 2.19. The summed E-state index contributed by atoms with van der Waals surface area (Å²) in [6.07, 6.45) is 4.22. The molecule has 1 N–H and O–H groups in total. The van der Waals surface area contributed by atoms with E-state index in [1.807, 2.05) is 0 Å². The Kier molecular flexibility index (Phi) is 3.37. The zero-order chi connectivity index (χ0) is 8.27. The molecule has 1 rings (SSSR count). The molecule has 0 aromatic heterocycles. The van der Waals surface area contributed by atoms with Crippen LogP contribution in [0.4, 0.5) is 0 Å². The minimum atomic E-state index is -0.617. The SMILES string of the molecule is O=C(O)[C@@H]1CCCC[C@H]1CBr. The van der Waals surface area contributed by atoms with E-state index in [4.69, 9.17) is 5.11 Å². The lowest BCUT2D eigenvalue weighted by atomic mass is 9.80. The molecule has 0 radical (unpaired) electrons. The van der Waals surface area contributed by atoms with E-state index in [1.54, 1.807) is 0 Å². The second-order valence-electron chi connectivity index (χ2n) is 3.14. The summed E-state index contributed by atoms with van der Waals surface area (Å²) < 4.78 is 0. The smallest absolute Gasteiger partial charge is 0.306 e. The fourth-order valence-corrected chi connectivity index (χ4v) is 2.49. The summed E-state index contributed by atoms with van der Waals surface area (Å²) in [6, 6.07) is 0. The molecular weight excluding hydrogens is 208 g/mol. The van der Waals surface area contributed by atoms with Crippen LogP contribution in [0.25, 0.3) is 0 Å². The Hall–Kier alpha value is -0.0500. The van der Waals surface area contributed by atoms with E-state index in [1.165, 1.54) is 6.42 Å². The number of rotatable bonds is 2. The van der Waals surface area contributed by atoms with Gasteiger partial charge in [0.2, 0.25) is 0 Å². The lowest BCUT2D eigenvalue weighted by molar-refractivity contribution is -0.144. The van der Waals surface area contributed by atoms with Crippen molar-refractivity contribution in [3.63, 3.8) is 0 Å². The highest BCUT2D eigenvalue weighted by molar-refractivity contribution is 9.09. The molecule has 1 aliphatic carbocycles. The van der Waals surface area contributed by atoms with E-state index in [0.717, 1.165) is 24.6 Å². The molecule has 0 spiro atoms. The van der Waals surface area contributed by atoms with Crippen molar-refractivity contribution in [2.75, 3.05) is 5.33 Å². The molecule has 2 nitrogen and oxygen atoms in total. The summed E-state index contributed by atoms with van der Waals surface area (Å²) in [5.41, 5.74) is 0. The molecule has 0 heterocycles. The molecule has 3 heteroatoms. The third-order valence-corrected chi connectivity index (χ3v) is 3.26. The Morgan fingerprint density at radius 2 is 2.09 bits per heavy atom. The molecule has 2 atom stereocenters. The topological polar surface area (TPSA) is 37.3 Å². The zero-order valence-corrected chi connectivity index (χ0v) is 8.01. The van der Waals surface area contributed by atoms with E-state index < -0.39 is 5.97 Å². The van der Waals surface area contributed by atoms with Gasteiger partial charge in [0.05, 0.1) is 5.92 Å². The predicted molar refractivity (Wildman–Crippen MR) is 46.9 cm³/mol. The summed E-state index contributed by atoms with van der Waals surface area (Å²) in [6.45, 7) is 0. The van der Waals surface area contributed by atoms with Gasteiger partial charge in [-0.15, -0.1) is 0 Å². The van der Waals surface area contributed by atoms with Gasteiger partial charge in [0.1, 0.15) is 0 Å². The monoisotopic (exact) mass is 220 g/mol. The van der Waals surface area contributed by atoms with Crippen molar-refractivity contribution in [2.45, 2.75) is 25.7 Å². The molecule has 1 saturated carbocycles. The summed E-state index contributed by atoms with van der Waals surface area (Å²) in [4.78, 5) is 10.7. The lowest BCUT2D eigenvalue weighted by Gasteiger charge is -2.26. The van der Waals surface area contributed by atoms with Gasteiger partial charge in [-0.2, -0.15) is 0 Å². The van der Waals surface area contributed by atoms with E-state index in [9.17, 15) is 4.79 Å². The fourth-order valence-electron chi connectivity index (χ4n) is 1.72. The van der Waals surface area contributed by atoms with Crippen molar-refractivity contribution < 1.29 is 9.90 Å². The van der Waals surface area contributed by atoms with Gasteiger partial charge in [0.15, 0.2) is 0 Å². The minimum absolute atomic E-state index is 0.0943. The van der Waals surface area contributed by atoms with Gasteiger partial charge in [0.25, 0.3) is 0 Å². The quantitative estimate of drug-likeness (QED) is 0.726. The van der Waals surface area contributed by atoms with Crippen molar-refractivity contribution in [3.8, 4) is 0 Å². The number of alkyl halides is 1. The number of carboxylic acid groups (broad SMARTS) is 1. The maximum atomic E-state index is 10.7. The van der Waals surface area contributed by atoms with Crippen LogP contribution in [-0.4, -0.2) is 16.4 Å². The van der Waals surface area contributed by atoms with Gasteiger partial charge in [0, 0.05) is 5.33 Å². The van der Waals surface area contributed by atoms with Crippen molar-refractivity contribution >= 4 is 21.9 Å². The molecule has 0 aliphatic heterocycles. The van der Waals surface area contributed by atoms with Crippen molar-refractivity contribution in [2.24, 2.45) is 11.8 Å². The second kappa shape index (κ2) is 4.10. The maximum Gasteiger partial charge on any atom is 0.306 e. The molecule has 0 aromatic carbocycles. The van der Waals surface area contributed by atoms with Gasteiger partial charge in [-0.05, 0) is 18.8 Å². The van der Waals surface area contributed by atoms with Gasteiger partial charge in [-0.25, -0.2) is 0 Å². The predicted octanol–water partition coefficient (Wildman–Crippen LogP) is 2.27. The summed E-state index contributed by atoms with van der Waals surface area (Å²) in [5.74, 6) is -0.349. The standard InChI is InChI=1S/C8H13BrO2/c9-5-6-3-1-2-4-7(6)8(10)11/h6-7H,1-5H2,(H,10,11)/t6-,7+/m0/s1. The average Bonchev–Trinajstić information content (AvgIpc) is 2.04. The van der Waals surface area contributed by atoms with Gasteiger partial charge in [-0.3, -0.25) is 4.79 Å². The molecule has 0 unspecified atom stereocenters. The Bertz CT molecular complexity index is 147. The molecule has 1 aliphatic rings. The highest BCUT2D eigenvalue weighted by Gasteiger charge is 2.29. The second-order valence-corrected chi connectivity index (χ2v) is 3.79. The molecule has 11 heavy (non-hydrogen) atoms. The highest BCUT2D eigenvalue weighted by Crippen LogP contribution is 2.31. The average molecular weight is 221 g/mol. The molecular formula is C8H13BrO2. The Morgan fingerprint density at radius 1 is 1.45 bits per heavy atom. The third-order valence-electron chi connectivity index (χ3n) is 2.42. The van der Waals surface area contributed by atoms with Crippen LogP contribution in [-0.2, 0) is 4.79 Å². The Balaban J connectivity index is 2.51. The van der Waals surface area contributed by atoms with E-state index in [0.29, 0.717) is 5.92 Å². The van der Waals surface area contributed by atoms with Crippen LogP contribution < -0.4 is 0 Å². The number of carbonyl (C=O) groups is 1. The van der Waals surface area contributed by atoms with Crippen LogP contribution in [0.3, 0.4) is 0 Å². The summed E-state index contributed by atoms with van der Waals surface area (Å²) in [7, 11) is 0. The molecule has 0 aromatic rings. The number of aliphatic carboxylic acids is 1. The normalized spacial score (nSPS) is 31.7. The first kappa shape index (κ1) is 9.04. The lowest BCUT2D eigenvalue weighted by Crippen LogP contribution is -2.27. The van der Waals surface area contributed by atoms with Crippen molar-refractivity contribution in [1.29, 1.82) is 0 Å². The van der Waals surface area contributed by atoms with E-state index in [-0.39, 0.29) is 5.92 Å². The minimum Gasteiger partial charge on any atom is -0.481 e. The molecule has 0 bridgehead atoms. The number of hydrogen-bond donors (Lipinski definition) is 1. The first-order valence-corrected chi connectivity index (χ1v) is 5.16.